The van der Waals surface area contributed by atoms with E-state index in [1.165, 1.54) is 24.3 Å². The number of nitrogens with one attached hydrogen (secondary N) is 3. The van der Waals surface area contributed by atoms with Gasteiger partial charge < -0.3 is 25.0 Å². The minimum Gasteiger partial charge on any atom is -0.493 e. The lowest BCUT2D eigenvalue weighted by Crippen LogP contribution is -3.11. The van der Waals surface area contributed by atoms with Crippen LogP contribution in [0.2, 0.25) is 0 Å². The average molecular weight is 404 g/mol. The van der Waals surface area contributed by atoms with Crippen molar-refractivity contribution in [2.24, 2.45) is 0 Å². The Morgan fingerprint density at radius 1 is 0.966 bits per heavy atom. The summed E-state index contributed by atoms with van der Waals surface area (Å²) < 4.78 is 23.4. The van der Waals surface area contributed by atoms with Crippen LogP contribution in [0.1, 0.15) is 5.56 Å². The van der Waals surface area contributed by atoms with Gasteiger partial charge in [-0.15, -0.1) is 0 Å². The highest BCUT2D eigenvalue weighted by Gasteiger charge is 2.14. The zero-order valence-electron chi connectivity index (χ0n) is 16.9. The number of likely N-dealkylation sites (N-methyl/N-ethyl adjacent to an activating group) is 1. The van der Waals surface area contributed by atoms with Gasteiger partial charge in [-0.05, 0) is 48.4 Å². The van der Waals surface area contributed by atoms with Gasteiger partial charge in [0.25, 0.3) is 11.8 Å². The Morgan fingerprint density at radius 2 is 1.62 bits per heavy atom. The second-order valence-corrected chi connectivity index (χ2v) is 6.66. The predicted molar refractivity (Wildman–Crippen MR) is 108 cm³/mol. The number of amides is 2. The number of hydrogen-bond donors (Lipinski definition) is 3. The molecule has 8 heteroatoms. The topological polar surface area (TPSA) is 81.1 Å². The first-order valence-electron chi connectivity index (χ1n) is 9.25. The molecule has 0 fully saturated rings. The van der Waals surface area contributed by atoms with E-state index in [4.69, 9.17) is 9.47 Å². The van der Waals surface area contributed by atoms with Crippen LogP contribution in [0, 0.1) is 5.82 Å². The smallest absolute Gasteiger partial charge is 0.279 e. The highest BCUT2D eigenvalue weighted by molar-refractivity contribution is 5.91. The number of quaternary nitrogens is 1. The summed E-state index contributed by atoms with van der Waals surface area (Å²) in [5.41, 5.74) is 1.53. The largest absolute Gasteiger partial charge is 0.493 e. The van der Waals surface area contributed by atoms with Gasteiger partial charge in [0.2, 0.25) is 0 Å². The summed E-state index contributed by atoms with van der Waals surface area (Å²) in [6.07, 6.45) is 0.649. The van der Waals surface area contributed by atoms with Crippen LogP contribution >= 0.6 is 0 Å². The molecule has 0 radical (unpaired) electrons. The van der Waals surface area contributed by atoms with Crippen LogP contribution in [0.15, 0.2) is 42.5 Å². The number of anilines is 1. The molecule has 7 nitrogen and oxygen atoms in total. The second kappa shape index (κ2) is 11.0. The lowest BCUT2D eigenvalue weighted by Gasteiger charge is -2.14. The van der Waals surface area contributed by atoms with Crippen LogP contribution in [0.3, 0.4) is 0 Å². The Bertz CT molecular complexity index is 827. The molecule has 156 valence electrons. The van der Waals surface area contributed by atoms with Gasteiger partial charge in [-0.2, -0.15) is 0 Å². The lowest BCUT2D eigenvalue weighted by atomic mass is 10.1. The van der Waals surface area contributed by atoms with Gasteiger partial charge in [-0.1, -0.05) is 6.07 Å². The minimum absolute atomic E-state index is 0.125. The van der Waals surface area contributed by atoms with E-state index in [2.05, 4.69) is 10.6 Å². The number of ether oxygens (including phenoxy) is 2. The molecule has 2 rings (SSSR count). The summed E-state index contributed by atoms with van der Waals surface area (Å²) in [5.74, 6) is 0.553. The first kappa shape index (κ1) is 22.2. The molecule has 0 heterocycles. The summed E-state index contributed by atoms with van der Waals surface area (Å²) in [6, 6.07) is 11.2. The summed E-state index contributed by atoms with van der Waals surface area (Å²) in [4.78, 5) is 24.9. The van der Waals surface area contributed by atoms with Crippen LogP contribution in [-0.4, -0.2) is 52.7 Å². The number of halogens is 1. The Labute approximate surface area is 169 Å². The third kappa shape index (κ3) is 7.42. The number of carbonyl (C=O) groups is 2. The molecule has 29 heavy (non-hydrogen) atoms. The van der Waals surface area contributed by atoms with E-state index >= 15 is 0 Å². The molecule has 0 aliphatic heterocycles. The standard InChI is InChI=1S/C21H26FN3O4/c1-25(14-21(27)24-17-7-5-16(22)6-8-17)13-20(26)23-11-10-15-4-9-18(28-2)19(12-15)29-3/h4-9,12H,10-11,13-14H2,1-3H3,(H,23,26)(H,24,27)/p+1. The van der Waals surface area contributed by atoms with E-state index in [0.29, 0.717) is 30.2 Å². The molecule has 1 atom stereocenters. The van der Waals surface area contributed by atoms with E-state index in [9.17, 15) is 14.0 Å². The van der Waals surface area contributed by atoms with Gasteiger partial charge in [0.1, 0.15) is 5.82 Å². The number of benzene rings is 2. The molecule has 0 saturated heterocycles. The van der Waals surface area contributed by atoms with E-state index < -0.39 is 0 Å². The van der Waals surface area contributed by atoms with Gasteiger partial charge in [-0.25, -0.2) is 4.39 Å². The molecule has 2 aromatic carbocycles. The van der Waals surface area contributed by atoms with Crippen molar-refractivity contribution in [1.82, 2.24) is 5.32 Å². The van der Waals surface area contributed by atoms with Crippen molar-refractivity contribution in [2.45, 2.75) is 6.42 Å². The molecule has 1 unspecified atom stereocenters. The highest BCUT2D eigenvalue weighted by Crippen LogP contribution is 2.27. The Hall–Kier alpha value is -3.13. The SMILES string of the molecule is COc1ccc(CCNC(=O)C[NH+](C)CC(=O)Nc2ccc(F)cc2)cc1OC. The number of hydrogen-bond acceptors (Lipinski definition) is 4. The molecule has 0 aliphatic carbocycles. The molecule has 0 aliphatic rings. The van der Waals surface area contributed by atoms with Crippen molar-refractivity contribution in [3.8, 4) is 11.5 Å². The van der Waals surface area contributed by atoms with Gasteiger partial charge in [-0.3, -0.25) is 9.59 Å². The molecule has 0 spiro atoms. The normalized spacial score (nSPS) is 11.4. The summed E-state index contributed by atoms with van der Waals surface area (Å²) >= 11 is 0. The maximum Gasteiger partial charge on any atom is 0.279 e. The molecular formula is C21H27FN3O4+. The first-order valence-corrected chi connectivity index (χ1v) is 9.25. The molecular weight excluding hydrogens is 377 g/mol. The fraction of sp³-hybridized carbons (Fsp3) is 0.333. The second-order valence-electron chi connectivity index (χ2n) is 6.66. The summed E-state index contributed by atoms with van der Waals surface area (Å²) in [5, 5.41) is 5.53. The van der Waals surface area contributed by atoms with Crippen molar-refractivity contribution in [2.75, 3.05) is 46.2 Å². The van der Waals surface area contributed by atoms with Crippen LogP contribution in [0.25, 0.3) is 0 Å². The highest BCUT2D eigenvalue weighted by atomic mass is 19.1. The molecule has 0 aromatic heterocycles. The summed E-state index contributed by atoms with van der Waals surface area (Å²) in [7, 11) is 4.92. The van der Waals surface area contributed by atoms with Gasteiger partial charge >= 0.3 is 0 Å². The third-order valence-electron chi connectivity index (χ3n) is 4.24. The van der Waals surface area contributed by atoms with Crippen molar-refractivity contribution in [1.29, 1.82) is 0 Å². The Balaban J connectivity index is 1.71. The fourth-order valence-electron chi connectivity index (χ4n) is 2.79. The monoisotopic (exact) mass is 404 g/mol. The van der Waals surface area contributed by atoms with Crippen molar-refractivity contribution >= 4 is 17.5 Å². The van der Waals surface area contributed by atoms with E-state index in [-0.39, 0.29) is 30.7 Å². The maximum absolute atomic E-state index is 12.9. The van der Waals surface area contributed by atoms with Gasteiger partial charge in [0.05, 0.1) is 21.3 Å². The van der Waals surface area contributed by atoms with Crippen molar-refractivity contribution in [3.63, 3.8) is 0 Å². The molecule has 3 N–H and O–H groups in total. The minimum atomic E-state index is -0.365. The molecule has 2 amide bonds. The maximum atomic E-state index is 12.9. The van der Waals surface area contributed by atoms with Crippen LogP contribution in [0.4, 0.5) is 10.1 Å². The molecule has 0 bridgehead atoms. The third-order valence-corrected chi connectivity index (χ3v) is 4.24. The fourth-order valence-corrected chi connectivity index (χ4v) is 2.79. The zero-order chi connectivity index (χ0) is 21.2. The summed E-state index contributed by atoms with van der Waals surface area (Å²) in [6.45, 7) is 0.770. The average Bonchev–Trinajstić information content (AvgIpc) is 2.69. The van der Waals surface area contributed by atoms with Crippen LogP contribution in [-0.2, 0) is 16.0 Å². The Kier molecular flexibility index (Phi) is 8.42. The number of methoxy groups -OCH3 is 2. The van der Waals surface area contributed by atoms with E-state index in [1.54, 1.807) is 21.3 Å². The quantitative estimate of drug-likeness (QED) is 0.543. The predicted octanol–water partition coefficient (Wildman–Crippen LogP) is 0.655. The number of carbonyl (C=O) groups excluding carboxylic acids is 2. The molecule has 2 aromatic rings. The van der Waals surface area contributed by atoms with Gasteiger partial charge in [0, 0.05) is 12.2 Å². The first-order chi connectivity index (χ1) is 13.9. The van der Waals surface area contributed by atoms with E-state index in [1.807, 2.05) is 18.2 Å². The van der Waals surface area contributed by atoms with Crippen molar-refractivity contribution in [3.05, 3.63) is 53.8 Å². The van der Waals surface area contributed by atoms with Gasteiger partial charge in [0.15, 0.2) is 24.6 Å². The Morgan fingerprint density at radius 3 is 2.28 bits per heavy atom. The van der Waals surface area contributed by atoms with Crippen molar-refractivity contribution < 1.29 is 28.4 Å². The lowest BCUT2D eigenvalue weighted by molar-refractivity contribution is -0.862. The van der Waals surface area contributed by atoms with Crippen LogP contribution in [0.5, 0.6) is 11.5 Å². The van der Waals surface area contributed by atoms with E-state index in [0.717, 1.165) is 10.5 Å². The van der Waals surface area contributed by atoms with Crippen LogP contribution < -0.4 is 25.0 Å². The zero-order valence-corrected chi connectivity index (χ0v) is 16.9. The number of rotatable bonds is 10. The molecule has 0 saturated carbocycles.